The van der Waals surface area contributed by atoms with Crippen molar-refractivity contribution < 1.29 is 28.6 Å². The maximum atomic E-state index is 13.2. The molecule has 1 N–H and O–H groups in total. The van der Waals surface area contributed by atoms with Gasteiger partial charge in [0.1, 0.15) is 12.4 Å². The fraction of sp³-hybridized carbons (Fsp3) is 0.148. The Balaban J connectivity index is 1.57. The Morgan fingerprint density at radius 2 is 1.84 bits per heavy atom. The van der Waals surface area contributed by atoms with Crippen LogP contribution < -0.4 is 9.47 Å². The van der Waals surface area contributed by atoms with E-state index in [9.17, 15) is 14.0 Å². The number of carbonyl (C=O) groups excluding carboxylic acids is 1. The highest BCUT2D eigenvalue weighted by Crippen LogP contribution is 2.39. The molecule has 0 radical (unpaired) electrons. The number of nitrogens with zero attached hydrogens (tertiary/aromatic N) is 2. The number of hydrogen-bond donors (Lipinski definition) is 1. The van der Waals surface area contributed by atoms with Crippen molar-refractivity contribution in [3.8, 4) is 11.5 Å². The van der Waals surface area contributed by atoms with E-state index >= 15 is 0 Å². The van der Waals surface area contributed by atoms with Crippen molar-refractivity contribution >= 4 is 56.5 Å². The van der Waals surface area contributed by atoms with Gasteiger partial charge in [-0.1, -0.05) is 28.1 Å². The second kappa shape index (κ2) is 11.6. The molecule has 0 bridgehead atoms. The van der Waals surface area contributed by atoms with Gasteiger partial charge in [0.15, 0.2) is 16.7 Å². The number of carbonyl (C=O) groups is 2. The number of methoxy groups -OCH3 is 1. The number of amidine groups is 1. The van der Waals surface area contributed by atoms with E-state index in [1.54, 1.807) is 47.4 Å². The second-order valence-corrected chi connectivity index (χ2v) is 9.71. The van der Waals surface area contributed by atoms with Crippen LogP contribution in [0.1, 0.15) is 28.4 Å². The molecule has 1 saturated heterocycles. The summed E-state index contributed by atoms with van der Waals surface area (Å²) in [5.74, 6) is -0.540. The minimum absolute atomic E-state index is 0.163. The fourth-order valence-electron chi connectivity index (χ4n) is 3.48. The van der Waals surface area contributed by atoms with Crippen LogP contribution in [0.25, 0.3) is 6.08 Å². The van der Waals surface area contributed by atoms with E-state index in [1.165, 1.54) is 43.1 Å². The minimum Gasteiger partial charge on any atom is -0.493 e. The number of hydrogen-bond acceptors (Lipinski definition) is 6. The molecule has 37 heavy (non-hydrogen) atoms. The number of amides is 1. The van der Waals surface area contributed by atoms with E-state index in [2.05, 4.69) is 20.9 Å². The number of likely N-dealkylation sites (N-methyl/N-ethyl adjacent to an activating group) is 1. The lowest BCUT2D eigenvalue weighted by Crippen LogP contribution is -2.28. The van der Waals surface area contributed by atoms with Gasteiger partial charge in [0.05, 0.1) is 23.3 Å². The first-order valence-corrected chi connectivity index (χ1v) is 12.8. The minimum atomic E-state index is -1.02. The van der Waals surface area contributed by atoms with Crippen molar-refractivity contribution in [1.29, 1.82) is 0 Å². The third kappa shape index (κ3) is 6.20. The van der Waals surface area contributed by atoms with Crippen molar-refractivity contribution in [1.82, 2.24) is 4.90 Å². The van der Waals surface area contributed by atoms with E-state index in [0.29, 0.717) is 43.8 Å². The summed E-state index contributed by atoms with van der Waals surface area (Å²) in [7, 11) is 1.53. The first kappa shape index (κ1) is 26.4. The van der Waals surface area contributed by atoms with Crippen LogP contribution in [0.5, 0.6) is 11.5 Å². The van der Waals surface area contributed by atoms with Gasteiger partial charge in [-0.2, -0.15) is 0 Å². The molecule has 0 spiro atoms. The summed E-state index contributed by atoms with van der Waals surface area (Å²) in [6, 6.07) is 15.7. The highest BCUT2D eigenvalue weighted by Gasteiger charge is 2.32. The number of carboxylic acids is 1. The number of benzene rings is 3. The Hall–Kier alpha value is -3.63. The third-order valence-electron chi connectivity index (χ3n) is 5.42. The number of rotatable bonds is 8. The van der Waals surface area contributed by atoms with Crippen molar-refractivity contribution in [2.24, 2.45) is 4.99 Å². The molecule has 3 aromatic carbocycles. The Bertz CT molecular complexity index is 1390. The number of aliphatic imine (C=N–C) groups is 1. The average molecular weight is 585 g/mol. The van der Waals surface area contributed by atoms with Gasteiger partial charge in [-0.25, -0.2) is 14.2 Å². The number of carboxylic acid groups (broad SMARTS) is 1. The Labute approximate surface area is 225 Å². The lowest BCUT2D eigenvalue weighted by Gasteiger charge is -2.13. The maximum absolute atomic E-state index is 13.2. The predicted molar refractivity (Wildman–Crippen MR) is 145 cm³/mol. The van der Waals surface area contributed by atoms with Crippen molar-refractivity contribution in [2.75, 3.05) is 13.7 Å². The Morgan fingerprint density at radius 3 is 2.46 bits per heavy atom. The molecule has 0 atom stereocenters. The van der Waals surface area contributed by atoms with Gasteiger partial charge >= 0.3 is 5.97 Å². The monoisotopic (exact) mass is 584 g/mol. The molecule has 0 saturated carbocycles. The molecule has 0 aliphatic carbocycles. The smallest absolute Gasteiger partial charge is 0.335 e. The Kier molecular flexibility index (Phi) is 8.30. The van der Waals surface area contributed by atoms with E-state index in [-0.39, 0.29) is 23.9 Å². The van der Waals surface area contributed by atoms with Gasteiger partial charge in [0.2, 0.25) is 0 Å². The van der Waals surface area contributed by atoms with Crippen LogP contribution in [-0.2, 0) is 11.4 Å². The fourth-order valence-corrected chi connectivity index (χ4v) is 4.97. The van der Waals surface area contributed by atoms with Gasteiger partial charge in [0, 0.05) is 11.0 Å². The number of halogens is 2. The van der Waals surface area contributed by atoms with Crippen molar-refractivity contribution in [3.05, 3.63) is 92.5 Å². The quantitative estimate of drug-likeness (QED) is 0.304. The van der Waals surface area contributed by atoms with E-state index in [0.717, 1.165) is 5.56 Å². The van der Waals surface area contributed by atoms with Gasteiger partial charge in [-0.15, -0.1) is 0 Å². The molecule has 3 aromatic rings. The number of aromatic carboxylic acids is 1. The zero-order valence-electron chi connectivity index (χ0n) is 19.9. The number of thioether (sulfide) groups is 1. The van der Waals surface area contributed by atoms with Gasteiger partial charge < -0.3 is 14.6 Å². The SMILES string of the molecule is CCN1C(=O)C(=Cc2cc(OC)c(OCc3ccc(F)cc3)cc2Br)SC1=Nc1ccc(C(=O)O)cc1. The summed E-state index contributed by atoms with van der Waals surface area (Å²) >= 11 is 4.79. The molecule has 1 fully saturated rings. The summed E-state index contributed by atoms with van der Waals surface area (Å²) in [6.07, 6.45) is 1.75. The molecule has 0 aromatic heterocycles. The molecule has 1 aliphatic rings. The molecular weight excluding hydrogens is 563 g/mol. The van der Waals surface area contributed by atoms with Crippen molar-refractivity contribution in [3.63, 3.8) is 0 Å². The zero-order chi connectivity index (χ0) is 26.5. The van der Waals surface area contributed by atoms with Gasteiger partial charge in [-0.3, -0.25) is 9.69 Å². The second-order valence-electron chi connectivity index (χ2n) is 7.85. The van der Waals surface area contributed by atoms with Gasteiger partial charge in [0.25, 0.3) is 5.91 Å². The van der Waals surface area contributed by atoms with E-state index in [4.69, 9.17) is 14.6 Å². The third-order valence-corrected chi connectivity index (χ3v) is 7.11. The van der Waals surface area contributed by atoms with Crippen molar-refractivity contribution in [2.45, 2.75) is 13.5 Å². The summed E-state index contributed by atoms with van der Waals surface area (Å²) < 4.78 is 25.2. The van der Waals surface area contributed by atoms with Gasteiger partial charge in [-0.05, 0) is 84.4 Å². The summed E-state index contributed by atoms with van der Waals surface area (Å²) in [6.45, 7) is 2.52. The molecule has 0 unspecified atom stereocenters. The van der Waals surface area contributed by atoms with Crippen LogP contribution in [0.4, 0.5) is 10.1 Å². The molecule has 1 amide bonds. The molecule has 7 nitrogen and oxygen atoms in total. The molecule has 4 rings (SSSR count). The molecule has 10 heteroatoms. The lowest BCUT2D eigenvalue weighted by molar-refractivity contribution is -0.122. The largest absolute Gasteiger partial charge is 0.493 e. The standard InChI is InChI=1S/C27H22BrFN2O5S/c1-3-31-25(32)24(37-27(31)30-20-10-6-17(7-11-20)26(33)34)13-18-12-22(35-2)23(14-21(18)28)36-15-16-4-8-19(29)9-5-16/h4-14H,3,15H2,1-2H3,(H,33,34). The maximum Gasteiger partial charge on any atom is 0.335 e. The van der Waals surface area contributed by atoms with Crippen LogP contribution in [0.2, 0.25) is 0 Å². The van der Waals surface area contributed by atoms with Crippen LogP contribution >= 0.6 is 27.7 Å². The summed E-state index contributed by atoms with van der Waals surface area (Å²) in [4.78, 5) is 30.8. The summed E-state index contributed by atoms with van der Waals surface area (Å²) in [5.41, 5.74) is 2.23. The molecule has 1 aliphatic heterocycles. The first-order valence-electron chi connectivity index (χ1n) is 11.2. The van der Waals surface area contributed by atoms with E-state index < -0.39 is 5.97 Å². The normalized spacial score (nSPS) is 15.5. The molecular formula is C27H22BrFN2O5S. The zero-order valence-corrected chi connectivity index (χ0v) is 22.3. The molecule has 1 heterocycles. The topological polar surface area (TPSA) is 88.4 Å². The Morgan fingerprint density at radius 1 is 1.14 bits per heavy atom. The van der Waals surface area contributed by atoms with Crippen LogP contribution in [0.15, 0.2) is 75.0 Å². The van der Waals surface area contributed by atoms with E-state index in [1.807, 2.05) is 6.92 Å². The van der Waals surface area contributed by atoms with Crippen LogP contribution in [-0.4, -0.2) is 40.7 Å². The highest BCUT2D eigenvalue weighted by molar-refractivity contribution is 9.10. The van der Waals surface area contributed by atoms with Crippen LogP contribution in [0, 0.1) is 5.82 Å². The number of ether oxygens (including phenoxy) is 2. The summed E-state index contributed by atoms with van der Waals surface area (Å²) in [5, 5.41) is 9.59. The molecule has 190 valence electrons. The van der Waals surface area contributed by atoms with Crippen LogP contribution in [0.3, 0.4) is 0 Å². The predicted octanol–water partition coefficient (Wildman–Crippen LogP) is 6.50. The highest BCUT2D eigenvalue weighted by atomic mass is 79.9. The average Bonchev–Trinajstić information content (AvgIpc) is 3.18. The lowest BCUT2D eigenvalue weighted by atomic mass is 10.1. The first-order chi connectivity index (χ1) is 17.8.